The average molecular weight is 254 g/mol. The van der Waals surface area contributed by atoms with E-state index in [1.807, 2.05) is 0 Å². The zero-order valence-electron chi connectivity index (χ0n) is 6.22. The van der Waals surface area contributed by atoms with Gasteiger partial charge in [0.05, 0.1) is 0 Å². The third-order valence-corrected chi connectivity index (χ3v) is 0. The van der Waals surface area contributed by atoms with Gasteiger partial charge in [0.1, 0.15) is 0 Å². The number of hydrogen-bond acceptors (Lipinski definition) is 3. The summed E-state index contributed by atoms with van der Waals surface area (Å²) in [4.78, 5) is 9.00. The van der Waals surface area contributed by atoms with Crippen molar-refractivity contribution in [3.8, 4) is 0 Å². The summed E-state index contributed by atoms with van der Waals surface area (Å²) in [6.07, 6.45) is 0. The van der Waals surface area contributed by atoms with Gasteiger partial charge >= 0.3 is 51.4 Å². The number of carboxylic acids is 1. The Bertz CT molecular complexity index is 126. The van der Waals surface area contributed by atoms with Gasteiger partial charge in [-0.25, -0.2) is 0 Å². The van der Waals surface area contributed by atoms with Crippen molar-refractivity contribution in [1.82, 2.24) is 0 Å². The van der Waals surface area contributed by atoms with E-state index >= 15 is 0 Å². The summed E-state index contributed by atoms with van der Waals surface area (Å²) >= 11 is 7.74. The van der Waals surface area contributed by atoms with Crippen LogP contribution in [0.2, 0.25) is 0 Å². The van der Waals surface area contributed by atoms with Crippen molar-refractivity contribution in [3.63, 3.8) is 0 Å². The maximum atomic E-state index is 9.00. The number of thiocarbonyl (C=S) groups is 2. The minimum absolute atomic E-state index is 0. The van der Waals surface area contributed by atoms with Crippen LogP contribution in [0.1, 0.15) is 6.92 Å². The number of carboxylic acid groups (broad SMARTS) is 1. The number of hydrogen-bond donors (Lipinski definition) is 5. The Hall–Kier alpha value is 0.486. The Morgan fingerprint density at radius 3 is 1.08 bits per heavy atom. The van der Waals surface area contributed by atoms with Crippen molar-refractivity contribution in [2.24, 2.45) is 11.5 Å². The fourth-order valence-corrected chi connectivity index (χ4v) is 0. The molecule has 0 bridgehead atoms. The fourth-order valence-electron chi connectivity index (χ4n) is 0. The molecule has 9 heteroatoms. The summed E-state index contributed by atoms with van der Waals surface area (Å²) in [6.45, 7) is 1.08. The molecule has 13 heavy (non-hydrogen) atoms. The van der Waals surface area contributed by atoms with Crippen LogP contribution < -0.4 is 11.5 Å². The molecule has 0 saturated heterocycles. The molecule has 0 heterocycles. The quantitative estimate of drug-likeness (QED) is 0.275. The SMILES string of the molecule is CC(=O)O.NC(O)=S.NC(O)=S.[KH]. The average Bonchev–Trinajstić information content (AvgIpc) is 1.54. The van der Waals surface area contributed by atoms with E-state index in [1.165, 1.54) is 0 Å². The summed E-state index contributed by atoms with van der Waals surface area (Å²) < 4.78 is 0. The molecule has 0 atom stereocenters. The molecule has 0 aromatic heterocycles. The van der Waals surface area contributed by atoms with Crippen molar-refractivity contribution < 1.29 is 20.1 Å². The molecule has 0 spiro atoms. The first kappa shape index (κ1) is 23.4. The molecule has 0 amide bonds. The third kappa shape index (κ3) is 5800. The Balaban J connectivity index is -0.0000000450. The molecule has 0 radical (unpaired) electrons. The maximum absolute atomic E-state index is 9.00. The number of aliphatic carboxylic acids is 1. The molecule has 0 aliphatic rings. The van der Waals surface area contributed by atoms with Gasteiger partial charge in [0.2, 0.25) is 0 Å². The summed E-state index contributed by atoms with van der Waals surface area (Å²) in [5, 5.41) is 21.5. The van der Waals surface area contributed by atoms with Crippen LogP contribution in [-0.4, -0.2) is 83.0 Å². The van der Waals surface area contributed by atoms with Crippen molar-refractivity contribution in [1.29, 1.82) is 0 Å². The van der Waals surface area contributed by atoms with E-state index in [9.17, 15) is 0 Å². The van der Waals surface area contributed by atoms with Gasteiger partial charge in [0, 0.05) is 6.92 Å². The standard InChI is InChI=1S/C2H4O2.2CH3NOS.K.H/c1-2(3)4;2*2-1(3)4;;/h1H3,(H,3,4);2*(H3,2,3,4);;. The molecule has 0 unspecified atom stereocenters. The third-order valence-electron chi connectivity index (χ3n) is 0. The molecular formula is C4H11KN2O4S2. The van der Waals surface area contributed by atoms with E-state index in [1.54, 1.807) is 0 Å². The van der Waals surface area contributed by atoms with Crippen LogP contribution in [0, 0.1) is 0 Å². The van der Waals surface area contributed by atoms with Gasteiger partial charge in [-0.2, -0.15) is 0 Å². The first-order chi connectivity index (χ1) is 5.20. The molecule has 0 rings (SSSR count). The van der Waals surface area contributed by atoms with Crippen LogP contribution in [0.4, 0.5) is 0 Å². The second-order valence-corrected chi connectivity index (χ2v) is 2.03. The van der Waals surface area contributed by atoms with E-state index < -0.39 is 16.3 Å². The Morgan fingerprint density at radius 2 is 1.08 bits per heavy atom. The van der Waals surface area contributed by atoms with Crippen LogP contribution in [-0.2, 0) is 4.79 Å². The molecule has 6 nitrogen and oxygen atoms in total. The van der Waals surface area contributed by atoms with Gasteiger partial charge in [0.15, 0.2) is 0 Å². The van der Waals surface area contributed by atoms with Crippen molar-refractivity contribution in [2.45, 2.75) is 6.92 Å². The van der Waals surface area contributed by atoms with Crippen LogP contribution in [0.15, 0.2) is 0 Å². The number of aliphatic hydroxyl groups excluding tert-OH is 2. The van der Waals surface area contributed by atoms with Gasteiger partial charge in [-0.3, -0.25) is 4.79 Å². The molecule has 7 N–H and O–H groups in total. The monoisotopic (exact) mass is 254 g/mol. The molecular weight excluding hydrogens is 243 g/mol. The van der Waals surface area contributed by atoms with Crippen molar-refractivity contribution in [2.75, 3.05) is 0 Å². The van der Waals surface area contributed by atoms with Gasteiger partial charge in [-0.1, -0.05) is 0 Å². The van der Waals surface area contributed by atoms with Crippen molar-refractivity contribution >= 4 is 92.1 Å². The second kappa shape index (κ2) is 18.3. The van der Waals surface area contributed by atoms with Crippen LogP contribution in [0.5, 0.6) is 0 Å². The first-order valence-corrected chi connectivity index (χ1v) is 3.18. The Labute approximate surface area is 129 Å². The van der Waals surface area contributed by atoms with E-state index in [2.05, 4.69) is 35.9 Å². The van der Waals surface area contributed by atoms with E-state index in [4.69, 9.17) is 20.1 Å². The molecule has 0 aromatic carbocycles. The van der Waals surface area contributed by atoms with Gasteiger partial charge in [-0.15, -0.1) is 0 Å². The number of carbonyl (C=O) groups is 1. The zero-order chi connectivity index (χ0) is 10.7. The predicted octanol–water partition coefficient (Wildman–Crippen LogP) is -0.982. The number of aliphatic hydroxyl groups is 2. The number of nitrogens with two attached hydrogens (primary N) is 2. The first-order valence-electron chi connectivity index (χ1n) is 2.36. The number of rotatable bonds is 0. The molecule has 0 saturated carbocycles. The summed E-state index contributed by atoms with van der Waals surface area (Å²) in [5.41, 5.74) is 8.80. The summed E-state index contributed by atoms with van der Waals surface area (Å²) in [6, 6.07) is 0. The molecule has 0 aliphatic carbocycles. The van der Waals surface area contributed by atoms with Gasteiger partial charge in [0.25, 0.3) is 16.3 Å². The minimum atomic E-state index is -0.833. The van der Waals surface area contributed by atoms with E-state index in [0.29, 0.717) is 0 Å². The van der Waals surface area contributed by atoms with Gasteiger partial charge < -0.3 is 26.8 Å². The Kier molecular flexibility index (Phi) is 32.9. The Morgan fingerprint density at radius 1 is 1.08 bits per heavy atom. The predicted molar refractivity (Wildman–Crippen MR) is 59.3 cm³/mol. The van der Waals surface area contributed by atoms with Crippen LogP contribution in [0.3, 0.4) is 0 Å². The van der Waals surface area contributed by atoms with Crippen LogP contribution >= 0.6 is 24.4 Å². The van der Waals surface area contributed by atoms with Crippen molar-refractivity contribution in [3.05, 3.63) is 0 Å². The van der Waals surface area contributed by atoms with Gasteiger partial charge in [-0.05, 0) is 24.4 Å². The molecule has 0 aliphatic heterocycles. The summed E-state index contributed by atoms with van der Waals surface area (Å²) in [7, 11) is 0. The second-order valence-electron chi connectivity index (χ2n) is 1.20. The normalized spacial score (nSPS) is 5.62. The zero-order valence-corrected chi connectivity index (χ0v) is 7.85. The molecule has 0 aromatic rings. The van der Waals surface area contributed by atoms with Crippen LogP contribution in [0.25, 0.3) is 0 Å². The fraction of sp³-hybridized carbons (Fsp3) is 0.250. The summed E-state index contributed by atoms with van der Waals surface area (Å²) in [5.74, 6) is -0.833. The van der Waals surface area contributed by atoms with E-state index in [-0.39, 0.29) is 51.4 Å². The molecule has 74 valence electrons. The molecule has 0 fully saturated rings. The topological polar surface area (TPSA) is 130 Å². The van der Waals surface area contributed by atoms with E-state index in [0.717, 1.165) is 6.92 Å².